The lowest BCUT2D eigenvalue weighted by molar-refractivity contribution is 0.201. The van der Waals surface area contributed by atoms with Gasteiger partial charge in [0.05, 0.1) is 6.54 Å². The highest BCUT2D eigenvalue weighted by atomic mass is 127. The van der Waals surface area contributed by atoms with Gasteiger partial charge < -0.3 is 16.4 Å². The van der Waals surface area contributed by atoms with Crippen molar-refractivity contribution in [2.24, 2.45) is 16.5 Å². The summed E-state index contributed by atoms with van der Waals surface area (Å²) in [5.41, 5.74) is 12.0. The van der Waals surface area contributed by atoms with Crippen LogP contribution in [0.1, 0.15) is 6.92 Å². The van der Waals surface area contributed by atoms with E-state index in [2.05, 4.69) is 52.0 Å². The lowest BCUT2D eigenvalue weighted by Crippen LogP contribution is -2.50. The SMILES string of the molecule is CC(CN=C(N)N)N1CCN(c2ccccc2)CC1.I. The Hall–Kier alpha value is -1.02. The van der Waals surface area contributed by atoms with E-state index < -0.39 is 0 Å². The zero-order chi connectivity index (χ0) is 13.7. The molecule has 0 aromatic heterocycles. The van der Waals surface area contributed by atoms with E-state index in [1.54, 1.807) is 0 Å². The molecule has 1 aliphatic heterocycles. The molecule has 1 aromatic rings. The Morgan fingerprint density at radius 3 is 2.30 bits per heavy atom. The van der Waals surface area contributed by atoms with Crippen LogP contribution >= 0.6 is 24.0 Å². The largest absolute Gasteiger partial charge is 0.370 e. The van der Waals surface area contributed by atoms with Gasteiger partial charge in [-0.2, -0.15) is 0 Å². The maximum Gasteiger partial charge on any atom is 0.185 e. The van der Waals surface area contributed by atoms with E-state index in [1.807, 2.05) is 0 Å². The first-order chi connectivity index (χ1) is 9.16. The Morgan fingerprint density at radius 1 is 1.15 bits per heavy atom. The molecule has 6 heteroatoms. The molecule has 4 N–H and O–H groups in total. The first-order valence-corrected chi connectivity index (χ1v) is 6.76. The molecule has 1 fully saturated rings. The Labute approximate surface area is 138 Å². The summed E-state index contributed by atoms with van der Waals surface area (Å²) in [6.07, 6.45) is 0. The minimum atomic E-state index is 0. The van der Waals surface area contributed by atoms with Gasteiger partial charge in [0.25, 0.3) is 0 Å². The molecule has 0 radical (unpaired) electrons. The first-order valence-electron chi connectivity index (χ1n) is 6.76. The molecule has 1 saturated heterocycles. The van der Waals surface area contributed by atoms with Gasteiger partial charge in [-0.25, -0.2) is 0 Å². The van der Waals surface area contributed by atoms with Crippen molar-refractivity contribution in [3.63, 3.8) is 0 Å². The summed E-state index contributed by atoms with van der Waals surface area (Å²) in [4.78, 5) is 8.95. The van der Waals surface area contributed by atoms with E-state index in [9.17, 15) is 0 Å². The molecule has 1 aliphatic rings. The predicted molar refractivity (Wildman–Crippen MR) is 95.8 cm³/mol. The van der Waals surface area contributed by atoms with E-state index >= 15 is 0 Å². The van der Waals surface area contributed by atoms with E-state index in [1.165, 1.54) is 5.69 Å². The second-order valence-corrected chi connectivity index (χ2v) is 4.97. The quantitative estimate of drug-likeness (QED) is 0.460. The minimum Gasteiger partial charge on any atom is -0.370 e. The van der Waals surface area contributed by atoms with E-state index in [0.29, 0.717) is 12.6 Å². The monoisotopic (exact) mass is 389 g/mol. The summed E-state index contributed by atoms with van der Waals surface area (Å²) in [5.74, 6) is 0.176. The molecule has 1 atom stereocenters. The van der Waals surface area contributed by atoms with Gasteiger partial charge >= 0.3 is 0 Å². The van der Waals surface area contributed by atoms with Crippen LogP contribution in [0.5, 0.6) is 0 Å². The predicted octanol–water partition coefficient (Wildman–Crippen LogP) is 1.09. The van der Waals surface area contributed by atoms with Crippen LogP contribution in [0, 0.1) is 0 Å². The number of para-hydroxylation sites is 1. The summed E-state index contributed by atoms with van der Waals surface area (Å²) in [5, 5.41) is 0. The maximum absolute atomic E-state index is 5.37. The van der Waals surface area contributed by atoms with E-state index in [0.717, 1.165) is 26.2 Å². The van der Waals surface area contributed by atoms with Crippen molar-refractivity contribution in [1.29, 1.82) is 0 Å². The van der Waals surface area contributed by atoms with Gasteiger partial charge in [-0.15, -0.1) is 24.0 Å². The summed E-state index contributed by atoms with van der Waals surface area (Å²) < 4.78 is 0. The molecular formula is C14H24IN5. The van der Waals surface area contributed by atoms with Crippen molar-refractivity contribution in [2.75, 3.05) is 37.6 Å². The average molecular weight is 389 g/mol. The molecule has 0 spiro atoms. The fraction of sp³-hybridized carbons (Fsp3) is 0.500. The topological polar surface area (TPSA) is 70.9 Å². The number of nitrogens with two attached hydrogens (primary N) is 2. The third-order valence-electron chi connectivity index (χ3n) is 3.60. The molecule has 0 saturated carbocycles. The molecule has 1 unspecified atom stereocenters. The summed E-state index contributed by atoms with van der Waals surface area (Å²) >= 11 is 0. The van der Waals surface area contributed by atoms with Crippen LogP contribution in [0.2, 0.25) is 0 Å². The number of piperazine rings is 1. The number of aliphatic imine (C=N–C) groups is 1. The number of anilines is 1. The average Bonchev–Trinajstić information content (AvgIpc) is 2.46. The highest BCUT2D eigenvalue weighted by Gasteiger charge is 2.20. The first kappa shape index (κ1) is 17.0. The molecular weight excluding hydrogens is 365 g/mol. The number of guanidine groups is 1. The second-order valence-electron chi connectivity index (χ2n) is 4.97. The number of hydrogen-bond donors (Lipinski definition) is 2. The Balaban J connectivity index is 0.00000200. The van der Waals surface area contributed by atoms with Gasteiger partial charge in [-0.05, 0) is 19.1 Å². The molecule has 112 valence electrons. The molecule has 20 heavy (non-hydrogen) atoms. The van der Waals surface area contributed by atoms with Gasteiger partial charge in [-0.1, -0.05) is 18.2 Å². The van der Waals surface area contributed by atoms with Crippen LogP contribution in [0.25, 0.3) is 0 Å². The van der Waals surface area contributed by atoms with Crippen molar-refractivity contribution in [3.05, 3.63) is 30.3 Å². The molecule has 1 aromatic carbocycles. The van der Waals surface area contributed by atoms with Crippen molar-refractivity contribution < 1.29 is 0 Å². The summed E-state index contributed by atoms with van der Waals surface area (Å²) in [6.45, 7) is 7.05. The van der Waals surface area contributed by atoms with Crippen molar-refractivity contribution >= 4 is 35.6 Å². The van der Waals surface area contributed by atoms with E-state index in [-0.39, 0.29) is 29.9 Å². The number of halogens is 1. The highest BCUT2D eigenvalue weighted by Crippen LogP contribution is 2.16. The minimum absolute atomic E-state index is 0. The smallest absolute Gasteiger partial charge is 0.185 e. The van der Waals surface area contributed by atoms with Crippen LogP contribution in [-0.4, -0.2) is 49.6 Å². The van der Waals surface area contributed by atoms with Gasteiger partial charge in [0.15, 0.2) is 5.96 Å². The highest BCUT2D eigenvalue weighted by molar-refractivity contribution is 14.0. The van der Waals surface area contributed by atoms with Crippen molar-refractivity contribution in [3.8, 4) is 0 Å². The third-order valence-corrected chi connectivity index (χ3v) is 3.60. The van der Waals surface area contributed by atoms with Gasteiger partial charge in [0.1, 0.15) is 0 Å². The summed E-state index contributed by atoms with van der Waals surface area (Å²) in [6, 6.07) is 10.9. The Kier molecular flexibility index (Phi) is 7.08. The fourth-order valence-electron chi connectivity index (χ4n) is 2.41. The van der Waals surface area contributed by atoms with Crippen LogP contribution in [0.4, 0.5) is 5.69 Å². The zero-order valence-corrected chi connectivity index (χ0v) is 14.2. The Bertz CT molecular complexity index is 411. The number of benzene rings is 1. The molecule has 1 heterocycles. The van der Waals surface area contributed by atoms with Gasteiger partial charge in [0.2, 0.25) is 0 Å². The molecule has 0 amide bonds. The van der Waals surface area contributed by atoms with Crippen LogP contribution in [-0.2, 0) is 0 Å². The Morgan fingerprint density at radius 2 is 1.75 bits per heavy atom. The van der Waals surface area contributed by atoms with Gasteiger partial charge in [0, 0.05) is 37.9 Å². The molecule has 0 bridgehead atoms. The molecule has 2 rings (SSSR count). The van der Waals surface area contributed by atoms with Crippen LogP contribution in [0.3, 0.4) is 0 Å². The van der Waals surface area contributed by atoms with Crippen molar-refractivity contribution in [2.45, 2.75) is 13.0 Å². The van der Waals surface area contributed by atoms with Gasteiger partial charge in [-0.3, -0.25) is 9.89 Å². The number of hydrogen-bond acceptors (Lipinski definition) is 3. The standard InChI is InChI=1S/C14H23N5.HI/c1-12(11-17-14(15)16)18-7-9-19(10-8-18)13-5-3-2-4-6-13;/h2-6,12H,7-11H2,1H3,(H4,15,16,17);1H. The van der Waals surface area contributed by atoms with Crippen LogP contribution < -0.4 is 16.4 Å². The second kappa shape index (κ2) is 8.31. The van der Waals surface area contributed by atoms with Crippen molar-refractivity contribution in [1.82, 2.24) is 4.90 Å². The van der Waals surface area contributed by atoms with E-state index in [4.69, 9.17) is 11.5 Å². The lowest BCUT2D eigenvalue weighted by Gasteiger charge is -2.38. The normalized spacial score (nSPS) is 17.1. The fourth-order valence-corrected chi connectivity index (χ4v) is 2.41. The number of rotatable bonds is 4. The molecule has 5 nitrogen and oxygen atoms in total. The third kappa shape index (κ3) is 4.82. The lowest BCUT2D eigenvalue weighted by atomic mass is 10.2. The van der Waals surface area contributed by atoms with Crippen LogP contribution in [0.15, 0.2) is 35.3 Å². The maximum atomic E-state index is 5.37. The molecule has 0 aliphatic carbocycles. The zero-order valence-electron chi connectivity index (χ0n) is 11.9. The summed E-state index contributed by atoms with van der Waals surface area (Å²) in [7, 11) is 0. The number of nitrogens with zero attached hydrogens (tertiary/aromatic N) is 3.